The zero-order valence-corrected chi connectivity index (χ0v) is 7.34. The molecule has 2 aliphatic rings. The maximum Gasteiger partial charge on any atom is 0.220 e. The number of nitrogens with one attached hydrogen (secondary N) is 1. The van der Waals surface area contributed by atoms with Crippen molar-refractivity contribution in [3.8, 4) is 0 Å². The van der Waals surface area contributed by atoms with E-state index in [-0.39, 0.29) is 17.6 Å². The molecule has 2 N–H and O–H groups in total. The van der Waals surface area contributed by atoms with Crippen LogP contribution in [0.5, 0.6) is 0 Å². The third kappa shape index (κ3) is 1.22. The molecule has 3 nitrogen and oxygen atoms in total. The van der Waals surface area contributed by atoms with E-state index in [2.05, 4.69) is 5.32 Å². The minimum absolute atomic E-state index is 0.105. The molecule has 3 atom stereocenters. The van der Waals surface area contributed by atoms with E-state index in [1.807, 2.05) is 6.92 Å². The maximum atomic E-state index is 11.0. The lowest BCUT2D eigenvalue weighted by molar-refractivity contribution is -0.119. The third-order valence-electron chi connectivity index (χ3n) is 3.04. The second-order valence-corrected chi connectivity index (χ2v) is 4.19. The normalized spacial score (nSPS) is 41.5. The van der Waals surface area contributed by atoms with Gasteiger partial charge >= 0.3 is 0 Å². The number of aliphatic hydroxyl groups excluding tert-OH is 1. The molecule has 1 saturated carbocycles. The van der Waals surface area contributed by atoms with Crippen LogP contribution in [0.25, 0.3) is 0 Å². The molecule has 3 heteroatoms. The van der Waals surface area contributed by atoms with E-state index in [1.165, 1.54) is 0 Å². The Morgan fingerprint density at radius 1 is 1.83 bits per heavy atom. The Kier molecular flexibility index (Phi) is 1.65. The molecule has 1 heterocycles. The standard InChI is InChI=1S/C9H15NO2/c1-6(11)4-7-5-9(7)3-2-8(12)10-9/h6-7,11H,2-5H2,1H3,(H,10,12)/t6-,7+,9-/m1/s1. The first-order chi connectivity index (χ1) is 5.62. The number of carbonyl (C=O) groups is 1. The van der Waals surface area contributed by atoms with Gasteiger partial charge in [-0.3, -0.25) is 4.79 Å². The molecule has 0 bridgehead atoms. The van der Waals surface area contributed by atoms with Crippen LogP contribution in [0.15, 0.2) is 0 Å². The predicted molar refractivity (Wildman–Crippen MR) is 44.5 cm³/mol. The van der Waals surface area contributed by atoms with Crippen LogP contribution in [-0.2, 0) is 4.79 Å². The van der Waals surface area contributed by atoms with E-state index in [9.17, 15) is 4.79 Å². The Balaban J connectivity index is 1.89. The van der Waals surface area contributed by atoms with Crippen LogP contribution in [0, 0.1) is 5.92 Å². The van der Waals surface area contributed by atoms with Gasteiger partial charge in [-0.05, 0) is 32.1 Å². The van der Waals surface area contributed by atoms with Crippen molar-refractivity contribution in [2.24, 2.45) is 5.92 Å². The molecule has 2 rings (SSSR count). The summed E-state index contributed by atoms with van der Waals surface area (Å²) in [6.45, 7) is 1.81. The Labute approximate surface area is 72.2 Å². The van der Waals surface area contributed by atoms with Crippen molar-refractivity contribution in [3.05, 3.63) is 0 Å². The molecule has 0 aromatic rings. The first-order valence-corrected chi connectivity index (χ1v) is 4.61. The number of amides is 1. The molecular weight excluding hydrogens is 154 g/mol. The number of hydrogen-bond acceptors (Lipinski definition) is 2. The van der Waals surface area contributed by atoms with Crippen LogP contribution < -0.4 is 5.32 Å². The summed E-state index contributed by atoms with van der Waals surface area (Å²) < 4.78 is 0. The summed E-state index contributed by atoms with van der Waals surface area (Å²) in [7, 11) is 0. The Bertz CT molecular complexity index is 215. The summed E-state index contributed by atoms with van der Waals surface area (Å²) in [4.78, 5) is 11.0. The summed E-state index contributed by atoms with van der Waals surface area (Å²) >= 11 is 0. The molecule has 1 aliphatic heterocycles. The van der Waals surface area contributed by atoms with Crippen molar-refractivity contribution >= 4 is 5.91 Å². The van der Waals surface area contributed by atoms with Crippen LogP contribution in [0.4, 0.5) is 0 Å². The van der Waals surface area contributed by atoms with Gasteiger partial charge in [0.2, 0.25) is 5.91 Å². The molecule has 1 saturated heterocycles. The minimum Gasteiger partial charge on any atom is -0.393 e. The van der Waals surface area contributed by atoms with Gasteiger partial charge < -0.3 is 10.4 Å². The van der Waals surface area contributed by atoms with Crippen molar-refractivity contribution < 1.29 is 9.90 Å². The van der Waals surface area contributed by atoms with Crippen LogP contribution in [0.2, 0.25) is 0 Å². The summed E-state index contributed by atoms with van der Waals surface area (Å²) in [5.41, 5.74) is 0.105. The van der Waals surface area contributed by atoms with Crippen molar-refractivity contribution in [2.75, 3.05) is 0 Å². The monoisotopic (exact) mass is 169 g/mol. The molecular formula is C9H15NO2. The average Bonchev–Trinajstić information content (AvgIpc) is 2.42. The van der Waals surface area contributed by atoms with Crippen molar-refractivity contribution in [1.29, 1.82) is 0 Å². The largest absolute Gasteiger partial charge is 0.393 e. The van der Waals surface area contributed by atoms with Gasteiger partial charge in [0.05, 0.1) is 6.10 Å². The van der Waals surface area contributed by atoms with Crippen molar-refractivity contribution in [2.45, 2.75) is 44.2 Å². The fraction of sp³-hybridized carbons (Fsp3) is 0.889. The smallest absolute Gasteiger partial charge is 0.220 e. The van der Waals surface area contributed by atoms with Crippen molar-refractivity contribution in [3.63, 3.8) is 0 Å². The van der Waals surface area contributed by atoms with Crippen LogP contribution in [0.3, 0.4) is 0 Å². The van der Waals surface area contributed by atoms with Gasteiger partial charge in [0.15, 0.2) is 0 Å². The van der Waals surface area contributed by atoms with Gasteiger partial charge in [0.25, 0.3) is 0 Å². The van der Waals surface area contributed by atoms with E-state index < -0.39 is 0 Å². The topological polar surface area (TPSA) is 49.3 Å². The molecule has 0 aromatic heterocycles. The Morgan fingerprint density at radius 3 is 3.08 bits per heavy atom. The molecule has 0 radical (unpaired) electrons. The Morgan fingerprint density at radius 2 is 2.58 bits per heavy atom. The third-order valence-corrected chi connectivity index (χ3v) is 3.04. The van der Waals surface area contributed by atoms with Gasteiger partial charge in [-0.2, -0.15) is 0 Å². The van der Waals surface area contributed by atoms with Gasteiger partial charge in [-0.1, -0.05) is 0 Å². The van der Waals surface area contributed by atoms with E-state index in [1.54, 1.807) is 0 Å². The van der Waals surface area contributed by atoms with Gasteiger partial charge in [0.1, 0.15) is 0 Å². The second kappa shape index (κ2) is 2.46. The predicted octanol–water partition coefficient (Wildman–Crippen LogP) is 0.426. The fourth-order valence-electron chi connectivity index (χ4n) is 2.30. The van der Waals surface area contributed by atoms with E-state index >= 15 is 0 Å². The number of hydrogen-bond donors (Lipinski definition) is 2. The van der Waals surface area contributed by atoms with E-state index in [0.29, 0.717) is 12.3 Å². The summed E-state index contributed by atoms with van der Waals surface area (Å²) in [5.74, 6) is 0.715. The first-order valence-electron chi connectivity index (χ1n) is 4.61. The fourth-order valence-corrected chi connectivity index (χ4v) is 2.30. The Hall–Kier alpha value is -0.570. The minimum atomic E-state index is -0.230. The lowest BCUT2D eigenvalue weighted by Gasteiger charge is -2.09. The zero-order valence-electron chi connectivity index (χ0n) is 7.34. The highest BCUT2D eigenvalue weighted by atomic mass is 16.3. The number of carbonyl (C=O) groups excluding carboxylic acids is 1. The average molecular weight is 169 g/mol. The lowest BCUT2D eigenvalue weighted by Crippen LogP contribution is -2.29. The molecule has 1 spiro atoms. The molecule has 1 aliphatic carbocycles. The number of rotatable bonds is 2. The van der Waals surface area contributed by atoms with Crippen LogP contribution >= 0.6 is 0 Å². The van der Waals surface area contributed by atoms with Crippen LogP contribution in [0.1, 0.15) is 32.6 Å². The molecule has 0 aromatic carbocycles. The molecule has 12 heavy (non-hydrogen) atoms. The summed E-state index contributed by atoms with van der Waals surface area (Å²) in [6.07, 6.45) is 3.33. The molecule has 0 unspecified atom stereocenters. The maximum absolute atomic E-state index is 11.0. The highest BCUT2D eigenvalue weighted by molar-refractivity contribution is 5.80. The van der Waals surface area contributed by atoms with E-state index in [4.69, 9.17) is 5.11 Å². The first kappa shape index (κ1) is 8.05. The highest BCUT2D eigenvalue weighted by Crippen LogP contribution is 2.51. The number of aliphatic hydroxyl groups is 1. The SMILES string of the molecule is C[C@@H](O)C[C@H]1C[C@]12CCC(=O)N2. The quantitative estimate of drug-likeness (QED) is 0.629. The van der Waals surface area contributed by atoms with Crippen molar-refractivity contribution in [1.82, 2.24) is 5.32 Å². The lowest BCUT2D eigenvalue weighted by atomic mass is 10.1. The van der Waals surface area contributed by atoms with Gasteiger partial charge in [-0.15, -0.1) is 0 Å². The van der Waals surface area contributed by atoms with Gasteiger partial charge in [-0.25, -0.2) is 0 Å². The van der Waals surface area contributed by atoms with Gasteiger partial charge in [0, 0.05) is 12.0 Å². The zero-order chi connectivity index (χ0) is 8.77. The molecule has 68 valence electrons. The summed E-state index contributed by atoms with van der Waals surface area (Å²) in [6, 6.07) is 0. The molecule has 1 amide bonds. The highest BCUT2D eigenvalue weighted by Gasteiger charge is 2.57. The second-order valence-electron chi connectivity index (χ2n) is 4.19. The van der Waals surface area contributed by atoms with E-state index in [0.717, 1.165) is 19.3 Å². The van der Waals surface area contributed by atoms with Crippen LogP contribution in [-0.4, -0.2) is 22.7 Å². The summed E-state index contributed by atoms with van der Waals surface area (Å²) in [5, 5.41) is 12.2. The molecule has 2 fully saturated rings.